The summed E-state index contributed by atoms with van der Waals surface area (Å²) in [5.74, 6) is 0.0876. The first-order valence-electron chi connectivity index (χ1n) is 7.35. The maximum Gasteiger partial charge on any atom is 0.236 e. The van der Waals surface area contributed by atoms with Crippen LogP contribution in [0.1, 0.15) is 12.5 Å². The van der Waals surface area contributed by atoms with Gasteiger partial charge in [-0.05, 0) is 12.5 Å². The van der Waals surface area contributed by atoms with E-state index in [2.05, 4.69) is 4.90 Å². The first-order valence-corrected chi connectivity index (χ1v) is 7.35. The Balaban J connectivity index is 1.85. The van der Waals surface area contributed by atoms with Crippen LogP contribution in [-0.2, 0) is 16.1 Å². The number of hydrogen-bond acceptors (Lipinski definition) is 4. The van der Waals surface area contributed by atoms with Crippen molar-refractivity contribution in [2.45, 2.75) is 25.7 Å². The van der Waals surface area contributed by atoms with Gasteiger partial charge in [0.15, 0.2) is 0 Å². The standard InChI is InChI=1S/C16H24N2O3/c1-13-8-18(10-15(12-19)21-13)11-16(20)17(2)9-14-6-4-3-5-7-14/h3-7,13,15,19H,8-12H2,1-2H3. The Hall–Kier alpha value is -1.43. The number of ether oxygens (including phenoxy) is 1. The molecule has 1 aromatic carbocycles. The van der Waals surface area contributed by atoms with E-state index in [0.717, 1.165) is 12.1 Å². The maximum absolute atomic E-state index is 12.3. The van der Waals surface area contributed by atoms with E-state index in [-0.39, 0.29) is 24.7 Å². The molecule has 0 spiro atoms. The molecule has 0 bridgehead atoms. The third kappa shape index (κ3) is 4.81. The van der Waals surface area contributed by atoms with E-state index >= 15 is 0 Å². The molecule has 0 aliphatic carbocycles. The Morgan fingerprint density at radius 3 is 2.76 bits per heavy atom. The van der Waals surface area contributed by atoms with Gasteiger partial charge in [-0.3, -0.25) is 9.69 Å². The lowest BCUT2D eigenvalue weighted by atomic mass is 10.2. The first-order chi connectivity index (χ1) is 10.1. The fourth-order valence-corrected chi connectivity index (χ4v) is 2.63. The topological polar surface area (TPSA) is 53.0 Å². The predicted molar refractivity (Wildman–Crippen MR) is 80.8 cm³/mol. The second-order valence-electron chi connectivity index (χ2n) is 5.68. The van der Waals surface area contributed by atoms with Gasteiger partial charge in [-0.2, -0.15) is 0 Å². The average Bonchev–Trinajstić information content (AvgIpc) is 2.47. The van der Waals surface area contributed by atoms with Crippen LogP contribution in [0.4, 0.5) is 0 Å². The van der Waals surface area contributed by atoms with Crippen LogP contribution in [0.15, 0.2) is 30.3 Å². The molecule has 0 radical (unpaired) electrons. The van der Waals surface area contributed by atoms with Gasteiger partial charge >= 0.3 is 0 Å². The van der Waals surface area contributed by atoms with Crippen molar-refractivity contribution < 1.29 is 14.6 Å². The Morgan fingerprint density at radius 2 is 2.10 bits per heavy atom. The van der Waals surface area contributed by atoms with Crippen molar-refractivity contribution in [1.82, 2.24) is 9.80 Å². The summed E-state index contributed by atoms with van der Waals surface area (Å²) >= 11 is 0. The fraction of sp³-hybridized carbons (Fsp3) is 0.562. The minimum atomic E-state index is -0.194. The minimum absolute atomic E-state index is 0.00507. The van der Waals surface area contributed by atoms with Gasteiger partial charge in [0.25, 0.3) is 0 Å². The van der Waals surface area contributed by atoms with Gasteiger partial charge in [0, 0.05) is 26.7 Å². The number of morpholine rings is 1. The van der Waals surface area contributed by atoms with Gasteiger partial charge in [0.05, 0.1) is 25.4 Å². The molecule has 1 aromatic rings. The van der Waals surface area contributed by atoms with Crippen molar-refractivity contribution in [3.05, 3.63) is 35.9 Å². The van der Waals surface area contributed by atoms with Crippen LogP contribution in [0.25, 0.3) is 0 Å². The van der Waals surface area contributed by atoms with Crippen molar-refractivity contribution in [3.63, 3.8) is 0 Å². The van der Waals surface area contributed by atoms with Crippen molar-refractivity contribution in [3.8, 4) is 0 Å². The van der Waals surface area contributed by atoms with E-state index in [1.165, 1.54) is 0 Å². The van der Waals surface area contributed by atoms with Crippen molar-refractivity contribution in [1.29, 1.82) is 0 Å². The molecule has 21 heavy (non-hydrogen) atoms. The molecule has 116 valence electrons. The van der Waals surface area contributed by atoms with E-state index in [1.807, 2.05) is 44.3 Å². The summed E-state index contributed by atoms with van der Waals surface area (Å²) in [7, 11) is 1.82. The third-order valence-electron chi connectivity index (χ3n) is 3.65. The minimum Gasteiger partial charge on any atom is -0.394 e. The average molecular weight is 292 g/mol. The van der Waals surface area contributed by atoms with Crippen molar-refractivity contribution in [2.24, 2.45) is 0 Å². The molecule has 2 unspecified atom stereocenters. The molecule has 1 amide bonds. The second kappa shape index (κ2) is 7.54. The van der Waals surface area contributed by atoms with Crippen molar-refractivity contribution in [2.75, 3.05) is 33.3 Å². The largest absolute Gasteiger partial charge is 0.394 e. The molecule has 0 saturated carbocycles. The van der Waals surface area contributed by atoms with Gasteiger partial charge in [-0.15, -0.1) is 0 Å². The number of nitrogens with zero attached hydrogens (tertiary/aromatic N) is 2. The highest BCUT2D eigenvalue weighted by molar-refractivity contribution is 5.78. The number of benzene rings is 1. The summed E-state index contributed by atoms with van der Waals surface area (Å²) in [6.07, 6.45) is -0.149. The Kier molecular flexibility index (Phi) is 5.73. The van der Waals surface area contributed by atoms with Gasteiger partial charge < -0.3 is 14.7 Å². The molecule has 5 nitrogen and oxygen atoms in total. The summed E-state index contributed by atoms with van der Waals surface area (Å²) in [6.45, 7) is 4.27. The Morgan fingerprint density at radius 1 is 1.38 bits per heavy atom. The zero-order valence-electron chi connectivity index (χ0n) is 12.7. The van der Waals surface area contributed by atoms with Crippen LogP contribution in [0.5, 0.6) is 0 Å². The predicted octanol–water partition coefficient (Wildman–Crippen LogP) is 0.727. The molecule has 5 heteroatoms. The van der Waals surface area contributed by atoms with Gasteiger partial charge in [-0.1, -0.05) is 30.3 Å². The molecule has 1 aliphatic heterocycles. The monoisotopic (exact) mass is 292 g/mol. The summed E-state index contributed by atoms with van der Waals surface area (Å²) in [4.78, 5) is 16.1. The molecule has 2 atom stereocenters. The summed E-state index contributed by atoms with van der Waals surface area (Å²) in [5.41, 5.74) is 1.12. The van der Waals surface area contributed by atoms with Gasteiger partial charge in [0.1, 0.15) is 0 Å². The molecule has 1 aliphatic rings. The normalized spacial score (nSPS) is 23.0. The smallest absolute Gasteiger partial charge is 0.236 e. The molecule has 1 fully saturated rings. The van der Waals surface area contributed by atoms with Crippen LogP contribution in [0, 0.1) is 0 Å². The van der Waals surface area contributed by atoms with E-state index < -0.39 is 0 Å². The number of likely N-dealkylation sites (N-methyl/N-ethyl adjacent to an activating group) is 1. The second-order valence-corrected chi connectivity index (χ2v) is 5.68. The lowest BCUT2D eigenvalue weighted by molar-refractivity contribution is -0.137. The number of amides is 1. The highest BCUT2D eigenvalue weighted by Crippen LogP contribution is 2.11. The van der Waals surface area contributed by atoms with E-state index in [1.54, 1.807) is 4.90 Å². The highest BCUT2D eigenvalue weighted by atomic mass is 16.5. The molecule has 1 N–H and O–H groups in total. The number of carbonyl (C=O) groups is 1. The van der Waals surface area contributed by atoms with Crippen LogP contribution in [0.3, 0.4) is 0 Å². The Labute approximate surface area is 126 Å². The number of aliphatic hydroxyl groups is 1. The van der Waals surface area contributed by atoms with Crippen molar-refractivity contribution >= 4 is 5.91 Å². The summed E-state index contributed by atoms with van der Waals surface area (Å²) in [6, 6.07) is 9.95. The molecular formula is C16H24N2O3. The van der Waals surface area contributed by atoms with Crippen LogP contribution in [-0.4, -0.2) is 66.3 Å². The first kappa shape index (κ1) is 15.9. The zero-order valence-corrected chi connectivity index (χ0v) is 12.7. The number of aliphatic hydroxyl groups excluding tert-OH is 1. The third-order valence-corrected chi connectivity index (χ3v) is 3.65. The van der Waals surface area contributed by atoms with E-state index in [9.17, 15) is 9.90 Å². The molecule has 1 saturated heterocycles. The lowest BCUT2D eigenvalue weighted by Crippen LogP contribution is -2.51. The fourth-order valence-electron chi connectivity index (χ4n) is 2.63. The number of carbonyl (C=O) groups excluding carboxylic acids is 1. The van der Waals surface area contributed by atoms with Crippen LogP contribution in [0.2, 0.25) is 0 Å². The summed E-state index contributed by atoms with van der Waals surface area (Å²) < 4.78 is 5.59. The maximum atomic E-state index is 12.3. The Bertz CT molecular complexity index is 452. The quantitative estimate of drug-likeness (QED) is 0.869. The van der Waals surface area contributed by atoms with E-state index in [0.29, 0.717) is 19.6 Å². The number of hydrogen-bond donors (Lipinski definition) is 1. The van der Waals surface area contributed by atoms with Crippen LogP contribution < -0.4 is 0 Å². The lowest BCUT2D eigenvalue weighted by Gasteiger charge is -2.36. The molecular weight excluding hydrogens is 268 g/mol. The van der Waals surface area contributed by atoms with Gasteiger partial charge in [-0.25, -0.2) is 0 Å². The molecule has 1 heterocycles. The zero-order chi connectivity index (χ0) is 15.2. The van der Waals surface area contributed by atoms with Crippen LogP contribution >= 0.6 is 0 Å². The number of rotatable bonds is 5. The SMILES string of the molecule is CC1CN(CC(=O)N(C)Cc2ccccc2)CC(CO)O1. The molecule has 0 aromatic heterocycles. The molecule has 2 rings (SSSR count). The highest BCUT2D eigenvalue weighted by Gasteiger charge is 2.26. The summed E-state index contributed by atoms with van der Waals surface area (Å²) in [5, 5.41) is 9.22. The van der Waals surface area contributed by atoms with E-state index in [4.69, 9.17) is 4.74 Å². The van der Waals surface area contributed by atoms with Gasteiger partial charge in [0.2, 0.25) is 5.91 Å².